The molecule has 1 saturated heterocycles. The molecule has 2 fully saturated rings. The first-order valence-corrected chi connectivity index (χ1v) is 6.06. The minimum Gasteiger partial charge on any atom is -0.342 e. The third kappa shape index (κ3) is 1.47. The van der Waals surface area contributed by atoms with Gasteiger partial charge in [0, 0.05) is 24.4 Å². The smallest absolute Gasteiger partial charge is 0.219 e. The predicted octanol–water partition coefficient (Wildman–Crippen LogP) is 1.54. The van der Waals surface area contributed by atoms with E-state index >= 15 is 0 Å². The van der Waals surface area contributed by atoms with Gasteiger partial charge in [-0.15, -0.1) is 0 Å². The average Bonchev–Trinajstić information content (AvgIpc) is 2.63. The molecule has 1 amide bonds. The molecule has 2 nitrogen and oxygen atoms in total. The van der Waals surface area contributed by atoms with E-state index in [9.17, 15) is 4.79 Å². The van der Waals surface area contributed by atoms with Gasteiger partial charge in [0.1, 0.15) is 0 Å². The first-order chi connectivity index (χ1) is 5.72. The van der Waals surface area contributed by atoms with Crippen LogP contribution in [0.25, 0.3) is 0 Å². The summed E-state index contributed by atoms with van der Waals surface area (Å²) in [5.74, 6) is 3.02. The molecule has 0 radical (unpaired) electrons. The highest BCUT2D eigenvalue weighted by molar-refractivity contribution is 14.1. The minimum atomic E-state index is 0.248. The van der Waals surface area contributed by atoms with Crippen molar-refractivity contribution in [2.45, 2.75) is 13.3 Å². The van der Waals surface area contributed by atoms with E-state index in [0.29, 0.717) is 0 Å². The number of nitrogens with zero attached hydrogens (tertiary/aromatic N) is 1. The van der Waals surface area contributed by atoms with Gasteiger partial charge in [-0.05, 0) is 24.2 Å². The molecule has 0 spiro atoms. The lowest BCUT2D eigenvalue weighted by Gasteiger charge is -2.39. The maximum Gasteiger partial charge on any atom is 0.219 e. The van der Waals surface area contributed by atoms with Crippen LogP contribution in [0.5, 0.6) is 0 Å². The van der Waals surface area contributed by atoms with Gasteiger partial charge in [0.15, 0.2) is 0 Å². The number of hydrogen-bond acceptors (Lipinski definition) is 1. The van der Waals surface area contributed by atoms with Gasteiger partial charge in [-0.1, -0.05) is 22.6 Å². The molecule has 2 unspecified atom stereocenters. The molecule has 3 heteroatoms. The van der Waals surface area contributed by atoms with Crippen molar-refractivity contribution >= 4 is 28.5 Å². The number of alkyl halides is 1. The summed E-state index contributed by atoms with van der Waals surface area (Å²) in [6.07, 6.45) is 1.42. The summed E-state index contributed by atoms with van der Waals surface area (Å²) in [7, 11) is 0. The fraction of sp³-hybridized carbons (Fsp3) is 0.889. The molecule has 0 N–H and O–H groups in total. The maximum atomic E-state index is 10.9. The SMILES string of the molecule is CC(=O)N1CC(C2CC2CI)C1. The van der Waals surface area contributed by atoms with E-state index in [1.54, 1.807) is 6.92 Å². The molecule has 12 heavy (non-hydrogen) atoms. The molecule has 0 aromatic rings. The lowest BCUT2D eigenvalue weighted by molar-refractivity contribution is -0.135. The van der Waals surface area contributed by atoms with Crippen LogP contribution in [0.15, 0.2) is 0 Å². The van der Waals surface area contributed by atoms with E-state index in [-0.39, 0.29) is 5.91 Å². The quantitative estimate of drug-likeness (QED) is 0.554. The number of carbonyl (C=O) groups is 1. The number of halogens is 1. The zero-order valence-corrected chi connectivity index (χ0v) is 9.45. The number of rotatable bonds is 2. The predicted molar refractivity (Wildman–Crippen MR) is 56.2 cm³/mol. The van der Waals surface area contributed by atoms with Gasteiger partial charge in [-0.25, -0.2) is 0 Å². The molecule has 2 aliphatic rings. The molecule has 2 rings (SSSR count). The van der Waals surface area contributed by atoms with Crippen molar-refractivity contribution in [2.24, 2.45) is 17.8 Å². The van der Waals surface area contributed by atoms with Gasteiger partial charge in [-0.2, -0.15) is 0 Å². The molecular weight excluding hydrogens is 265 g/mol. The molecule has 0 aromatic carbocycles. The third-order valence-electron chi connectivity index (χ3n) is 3.14. The number of likely N-dealkylation sites (tertiary alicyclic amines) is 1. The lowest BCUT2D eigenvalue weighted by atomic mass is 9.93. The van der Waals surface area contributed by atoms with Crippen molar-refractivity contribution in [3.63, 3.8) is 0 Å². The summed E-state index contributed by atoms with van der Waals surface area (Å²) in [5.41, 5.74) is 0. The van der Waals surface area contributed by atoms with Gasteiger partial charge < -0.3 is 4.90 Å². The molecule has 1 saturated carbocycles. The third-order valence-corrected chi connectivity index (χ3v) is 4.27. The van der Waals surface area contributed by atoms with Crippen LogP contribution in [0, 0.1) is 17.8 Å². The van der Waals surface area contributed by atoms with Crippen LogP contribution in [-0.2, 0) is 4.79 Å². The minimum absolute atomic E-state index is 0.248. The molecular formula is C9H14INO. The Morgan fingerprint density at radius 3 is 2.67 bits per heavy atom. The molecule has 0 aromatic heterocycles. The Morgan fingerprint density at radius 2 is 2.25 bits per heavy atom. The van der Waals surface area contributed by atoms with Crippen molar-refractivity contribution < 1.29 is 4.79 Å². The summed E-state index contributed by atoms with van der Waals surface area (Å²) in [6.45, 7) is 3.74. The van der Waals surface area contributed by atoms with Crippen LogP contribution in [0.3, 0.4) is 0 Å². The average molecular weight is 279 g/mol. The zero-order chi connectivity index (χ0) is 8.72. The summed E-state index contributed by atoms with van der Waals surface area (Å²) < 4.78 is 1.30. The Kier molecular flexibility index (Phi) is 2.31. The van der Waals surface area contributed by atoms with E-state index < -0.39 is 0 Å². The van der Waals surface area contributed by atoms with Crippen LogP contribution < -0.4 is 0 Å². The van der Waals surface area contributed by atoms with E-state index in [1.165, 1.54) is 10.8 Å². The second kappa shape index (κ2) is 3.16. The Morgan fingerprint density at radius 1 is 1.58 bits per heavy atom. The van der Waals surface area contributed by atoms with Crippen molar-refractivity contribution in [2.75, 3.05) is 17.5 Å². The van der Waals surface area contributed by atoms with Crippen molar-refractivity contribution in [1.29, 1.82) is 0 Å². The Labute approximate surface area is 86.8 Å². The molecule has 0 bridgehead atoms. The number of hydrogen-bond donors (Lipinski definition) is 0. The molecule has 2 atom stereocenters. The largest absolute Gasteiger partial charge is 0.342 e. The highest BCUT2D eigenvalue weighted by Gasteiger charge is 2.46. The number of carbonyl (C=O) groups excluding carboxylic acids is 1. The highest BCUT2D eigenvalue weighted by Crippen LogP contribution is 2.48. The van der Waals surface area contributed by atoms with Gasteiger partial charge in [-0.3, -0.25) is 4.79 Å². The topological polar surface area (TPSA) is 20.3 Å². The molecule has 1 heterocycles. The molecule has 1 aliphatic carbocycles. The second-order valence-corrected chi connectivity index (χ2v) is 4.88. The monoisotopic (exact) mass is 279 g/mol. The highest BCUT2D eigenvalue weighted by atomic mass is 127. The zero-order valence-electron chi connectivity index (χ0n) is 7.29. The lowest BCUT2D eigenvalue weighted by Crippen LogP contribution is -2.50. The standard InChI is InChI=1S/C9H14INO/c1-6(12)11-4-8(5-11)9-2-7(9)3-10/h7-9H,2-5H2,1H3. The van der Waals surface area contributed by atoms with Gasteiger partial charge in [0.2, 0.25) is 5.91 Å². The van der Waals surface area contributed by atoms with Crippen molar-refractivity contribution in [3.8, 4) is 0 Å². The summed E-state index contributed by atoms with van der Waals surface area (Å²) >= 11 is 2.47. The van der Waals surface area contributed by atoms with Gasteiger partial charge in [0.05, 0.1) is 0 Å². The van der Waals surface area contributed by atoms with Crippen LogP contribution >= 0.6 is 22.6 Å². The number of amides is 1. The summed E-state index contributed by atoms with van der Waals surface area (Å²) in [4.78, 5) is 12.8. The van der Waals surface area contributed by atoms with Crippen LogP contribution in [-0.4, -0.2) is 28.3 Å². The van der Waals surface area contributed by atoms with Gasteiger partial charge in [0.25, 0.3) is 0 Å². The van der Waals surface area contributed by atoms with E-state index in [1.807, 2.05) is 4.90 Å². The normalized spacial score (nSPS) is 34.7. The molecule has 68 valence electrons. The summed E-state index contributed by atoms with van der Waals surface area (Å²) in [5, 5.41) is 0. The van der Waals surface area contributed by atoms with Gasteiger partial charge >= 0.3 is 0 Å². The van der Waals surface area contributed by atoms with Crippen LogP contribution in [0.2, 0.25) is 0 Å². The Bertz CT molecular complexity index is 201. The fourth-order valence-electron chi connectivity index (χ4n) is 2.07. The van der Waals surface area contributed by atoms with Crippen molar-refractivity contribution in [3.05, 3.63) is 0 Å². The Balaban J connectivity index is 1.73. The molecule has 1 aliphatic heterocycles. The first-order valence-electron chi connectivity index (χ1n) is 4.54. The van der Waals surface area contributed by atoms with E-state index in [4.69, 9.17) is 0 Å². The first kappa shape index (κ1) is 8.78. The van der Waals surface area contributed by atoms with Crippen LogP contribution in [0.4, 0.5) is 0 Å². The maximum absolute atomic E-state index is 10.9. The van der Waals surface area contributed by atoms with E-state index in [2.05, 4.69) is 22.6 Å². The van der Waals surface area contributed by atoms with Crippen LogP contribution in [0.1, 0.15) is 13.3 Å². The van der Waals surface area contributed by atoms with E-state index in [0.717, 1.165) is 30.8 Å². The second-order valence-electron chi connectivity index (χ2n) is 4.00. The van der Waals surface area contributed by atoms with Crippen molar-refractivity contribution in [1.82, 2.24) is 4.90 Å². The fourth-order valence-corrected chi connectivity index (χ4v) is 3.08. The summed E-state index contributed by atoms with van der Waals surface area (Å²) in [6, 6.07) is 0. The Hall–Kier alpha value is 0.200.